The van der Waals surface area contributed by atoms with E-state index in [4.69, 9.17) is 0 Å². The van der Waals surface area contributed by atoms with Crippen molar-refractivity contribution < 1.29 is 9.59 Å². The van der Waals surface area contributed by atoms with Crippen LogP contribution in [-0.4, -0.2) is 11.6 Å². The predicted molar refractivity (Wildman–Crippen MR) is 88.4 cm³/mol. The van der Waals surface area contributed by atoms with Gasteiger partial charge in [0, 0.05) is 12.3 Å². The molecule has 0 bridgehead atoms. The van der Waals surface area contributed by atoms with E-state index in [2.05, 4.69) is 12.2 Å². The van der Waals surface area contributed by atoms with E-state index in [1.165, 1.54) is 44.9 Å². The molecule has 4 aliphatic carbocycles. The third-order valence-electron chi connectivity index (χ3n) is 5.96. The Morgan fingerprint density at radius 1 is 0.818 bits per heavy atom. The first-order chi connectivity index (χ1) is 10.7. The SMILES string of the molecule is O=C1C=CC2CCCCC2C1.O=C1C=CCC2CCCCC12. The minimum absolute atomic E-state index is 0.341. The number of ketones is 2. The number of allylic oxidation sites excluding steroid dienone is 4. The Bertz CT molecular complexity index is 472. The molecule has 0 aromatic rings. The summed E-state index contributed by atoms with van der Waals surface area (Å²) in [5.74, 6) is 3.26. The molecular formula is C20H28O2. The minimum atomic E-state index is 0.341. The van der Waals surface area contributed by atoms with Crippen molar-refractivity contribution in [1.82, 2.24) is 0 Å². The molecule has 0 amide bonds. The Hall–Kier alpha value is -1.18. The van der Waals surface area contributed by atoms with E-state index in [1.54, 1.807) is 12.2 Å². The maximum atomic E-state index is 11.3. The molecule has 2 heteroatoms. The normalized spacial score (nSPS) is 36.9. The van der Waals surface area contributed by atoms with Gasteiger partial charge in [-0.2, -0.15) is 0 Å². The monoisotopic (exact) mass is 300 g/mol. The lowest BCUT2D eigenvalue weighted by Crippen LogP contribution is -2.28. The lowest BCUT2D eigenvalue weighted by molar-refractivity contribution is -0.121. The molecule has 0 aromatic carbocycles. The van der Waals surface area contributed by atoms with Gasteiger partial charge in [0.1, 0.15) is 0 Å². The summed E-state index contributed by atoms with van der Waals surface area (Å²) in [4.78, 5) is 22.4. The third-order valence-corrected chi connectivity index (χ3v) is 5.96. The molecule has 0 N–H and O–H groups in total. The standard InChI is InChI=1S/2C10H14O/c11-10-7-3-5-8-4-1-2-6-9(8)10;11-10-6-5-8-3-1-2-4-9(8)7-10/h3,7-9H,1-2,4-6H2;5-6,8-9H,1-4,7H2. The Labute approximate surface area is 134 Å². The summed E-state index contributed by atoms with van der Waals surface area (Å²) < 4.78 is 0. The molecule has 4 rings (SSSR count). The van der Waals surface area contributed by atoms with Crippen LogP contribution >= 0.6 is 0 Å². The van der Waals surface area contributed by atoms with E-state index >= 15 is 0 Å². The van der Waals surface area contributed by atoms with Crippen LogP contribution in [0.3, 0.4) is 0 Å². The van der Waals surface area contributed by atoms with Gasteiger partial charge in [0.2, 0.25) is 0 Å². The molecule has 0 aromatic heterocycles. The Morgan fingerprint density at radius 3 is 2.36 bits per heavy atom. The van der Waals surface area contributed by atoms with Crippen LogP contribution < -0.4 is 0 Å². The van der Waals surface area contributed by atoms with Crippen molar-refractivity contribution in [2.45, 2.75) is 64.2 Å². The highest BCUT2D eigenvalue weighted by atomic mass is 16.1. The molecule has 4 atom stereocenters. The highest BCUT2D eigenvalue weighted by molar-refractivity contribution is 5.92. The Kier molecular flexibility index (Phi) is 5.28. The largest absolute Gasteiger partial charge is 0.295 e. The fourth-order valence-electron chi connectivity index (χ4n) is 4.65. The number of carbonyl (C=O) groups excluding carboxylic acids is 2. The quantitative estimate of drug-likeness (QED) is 0.653. The van der Waals surface area contributed by atoms with Crippen LogP contribution in [0.2, 0.25) is 0 Å². The van der Waals surface area contributed by atoms with Gasteiger partial charge in [-0.1, -0.05) is 37.8 Å². The number of fused-ring (bicyclic) bond motifs is 2. The minimum Gasteiger partial charge on any atom is -0.295 e. The van der Waals surface area contributed by atoms with Crippen molar-refractivity contribution in [2.75, 3.05) is 0 Å². The molecule has 4 aliphatic rings. The second-order valence-corrected chi connectivity index (χ2v) is 7.43. The van der Waals surface area contributed by atoms with Gasteiger partial charge in [-0.05, 0) is 62.0 Å². The van der Waals surface area contributed by atoms with Gasteiger partial charge in [0.15, 0.2) is 11.6 Å². The van der Waals surface area contributed by atoms with E-state index in [0.29, 0.717) is 29.3 Å². The molecular weight excluding hydrogens is 272 g/mol. The molecule has 0 aliphatic heterocycles. The average Bonchev–Trinajstić information content (AvgIpc) is 2.56. The van der Waals surface area contributed by atoms with Crippen LogP contribution in [0, 0.1) is 23.7 Å². The van der Waals surface area contributed by atoms with E-state index in [0.717, 1.165) is 25.2 Å². The average molecular weight is 300 g/mol. The van der Waals surface area contributed by atoms with Gasteiger partial charge in [0.05, 0.1) is 0 Å². The van der Waals surface area contributed by atoms with E-state index in [9.17, 15) is 9.59 Å². The highest BCUT2D eigenvalue weighted by Gasteiger charge is 2.30. The first-order valence-electron chi connectivity index (χ1n) is 9.15. The third kappa shape index (κ3) is 3.77. The zero-order valence-electron chi connectivity index (χ0n) is 13.5. The van der Waals surface area contributed by atoms with Crippen LogP contribution in [0.5, 0.6) is 0 Å². The molecule has 120 valence electrons. The van der Waals surface area contributed by atoms with Gasteiger partial charge in [-0.25, -0.2) is 0 Å². The maximum absolute atomic E-state index is 11.3. The van der Waals surface area contributed by atoms with Crippen LogP contribution in [-0.2, 0) is 9.59 Å². The maximum Gasteiger partial charge on any atom is 0.158 e. The number of carbonyl (C=O) groups is 2. The highest BCUT2D eigenvalue weighted by Crippen LogP contribution is 2.36. The number of hydrogen-bond acceptors (Lipinski definition) is 2. The van der Waals surface area contributed by atoms with E-state index < -0.39 is 0 Å². The van der Waals surface area contributed by atoms with Crippen molar-refractivity contribution in [2.24, 2.45) is 23.7 Å². The molecule has 0 heterocycles. The van der Waals surface area contributed by atoms with Gasteiger partial charge in [-0.15, -0.1) is 0 Å². The van der Waals surface area contributed by atoms with Gasteiger partial charge in [0.25, 0.3) is 0 Å². The molecule has 2 nitrogen and oxygen atoms in total. The number of hydrogen-bond donors (Lipinski definition) is 0. The second-order valence-electron chi connectivity index (χ2n) is 7.43. The number of rotatable bonds is 0. The summed E-state index contributed by atoms with van der Waals surface area (Å²) in [6, 6.07) is 0. The smallest absolute Gasteiger partial charge is 0.158 e. The van der Waals surface area contributed by atoms with Gasteiger partial charge in [-0.3, -0.25) is 9.59 Å². The zero-order chi connectivity index (χ0) is 15.4. The van der Waals surface area contributed by atoms with Crippen LogP contribution in [0.1, 0.15) is 64.2 Å². The lowest BCUT2D eigenvalue weighted by Gasteiger charge is -2.31. The Morgan fingerprint density at radius 2 is 1.55 bits per heavy atom. The Balaban J connectivity index is 0.000000131. The lowest BCUT2D eigenvalue weighted by atomic mass is 9.73. The van der Waals surface area contributed by atoms with Crippen LogP contribution in [0.4, 0.5) is 0 Å². The predicted octanol–water partition coefficient (Wildman–Crippen LogP) is 4.64. The second kappa shape index (κ2) is 7.39. The van der Waals surface area contributed by atoms with Gasteiger partial charge >= 0.3 is 0 Å². The molecule has 0 radical (unpaired) electrons. The molecule has 2 fully saturated rings. The molecule has 2 saturated carbocycles. The summed E-state index contributed by atoms with van der Waals surface area (Å²) >= 11 is 0. The molecule has 22 heavy (non-hydrogen) atoms. The van der Waals surface area contributed by atoms with Crippen molar-refractivity contribution in [1.29, 1.82) is 0 Å². The first-order valence-corrected chi connectivity index (χ1v) is 9.15. The molecule has 4 unspecified atom stereocenters. The summed E-state index contributed by atoms with van der Waals surface area (Å²) in [5, 5.41) is 0. The summed E-state index contributed by atoms with van der Waals surface area (Å²) in [6.07, 6.45) is 20.0. The van der Waals surface area contributed by atoms with Crippen LogP contribution in [0.25, 0.3) is 0 Å². The zero-order valence-corrected chi connectivity index (χ0v) is 13.5. The van der Waals surface area contributed by atoms with Crippen molar-refractivity contribution in [3.05, 3.63) is 24.3 Å². The summed E-state index contributed by atoms with van der Waals surface area (Å²) in [7, 11) is 0. The molecule has 0 spiro atoms. The first kappa shape index (κ1) is 15.7. The van der Waals surface area contributed by atoms with Gasteiger partial charge < -0.3 is 0 Å². The van der Waals surface area contributed by atoms with Crippen molar-refractivity contribution in [3.63, 3.8) is 0 Å². The topological polar surface area (TPSA) is 34.1 Å². The van der Waals surface area contributed by atoms with Crippen molar-refractivity contribution in [3.8, 4) is 0 Å². The fourth-order valence-corrected chi connectivity index (χ4v) is 4.65. The molecule has 0 saturated heterocycles. The summed E-state index contributed by atoms with van der Waals surface area (Å²) in [5.41, 5.74) is 0. The fraction of sp³-hybridized carbons (Fsp3) is 0.700. The van der Waals surface area contributed by atoms with E-state index in [-0.39, 0.29) is 0 Å². The summed E-state index contributed by atoms with van der Waals surface area (Å²) in [6.45, 7) is 0. The van der Waals surface area contributed by atoms with E-state index in [1.807, 2.05) is 0 Å². The van der Waals surface area contributed by atoms with Crippen molar-refractivity contribution >= 4 is 11.6 Å². The van der Waals surface area contributed by atoms with Crippen LogP contribution in [0.15, 0.2) is 24.3 Å².